The predicted octanol–water partition coefficient (Wildman–Crippen LogP) is 3.28. The Morgan fingerprint density at radius 1 is 1.20 bits per heavy atom. The molecule has 0 unspecified atom stereocenters. The molecule has 2 aromatic rings. The van der Waals surface area contributed by atoms with Crippen LogP contribution in [0.15, 0.2) is 36.4 Å². The topological polar surface area (TPSA) is 21.3 Å². The van der Waals surface area contributed by atoms with Crippen LogP contribution in [0, 0.1) is 0 Å². The van der Waals surface area contributed by atoms with E-state index in [0.717, 1.165) is 12.3 Å². The van der Waals surface area contributed by atoms with Gasteiger partial charge < -0.3 is 10.1 Å². The average molecular weight is 201 g/mol. The molecule has 0 spiro atoms. The predicted molar refractivity (Wildman–Crippen MR) is 64.7 cm³/mol. The van der Waals surface area contributed by atoms with Gasteiger partial charge in [0.1, 0.15) is 5.75 Å². The first-order chi connectivity index (χ1) is 7.35. The fourth-order valence-corrected chi connectivity index (χ4v) is 1.73. The molecule has 0 saturated heterocycles. The van der Waals surface area contributed by atoms with E-state index >= 15 is 0 Å². The van der Waals surface area contributed by atoms with Crippen molar-refractivity contribution in [2.45, 2.75) is 6.92 Å². The van der Waals surface area contributed by atoms with E-state index in [0.29, 0.717) is 0 Å². The zero-order chi connectivity index (χ0) is 10.7. The van der Waals surface area contributed by atoms with Crippen LogP contribution in [0.5, 0.6) is 5.75 Å². The van der Waals surface area contributed by atoms with Crippen molar-refractivity contribution < 1.29 is 4.74 Å². The standard InChI is InChI=1S/C13H15NO/c1-3-14-13-6-4-5-10-9-11(15-2)7-8-12(10)13/h4-9,14H,3H2,1-2H3. The Bertz CT molecular complexity index is 465. The Morgan fingerprint density at radius 3 is 2.80 bits per heavy atom. The number of nitrogens with one attached hydrogen (secondary N) is 1. The monoisotopic (exact) mass is 201 g/mol. The first-order valence-corrected chi connectivity index (χ1v) is 5.16. The van der Waals surface area contributed by atoms with Gasteiger partial charge in [0.2, 0.25) is 0 Å². The van der Waals surface area contributed by atoms with Crippen LogP contribution in [0.1, 0.15) is 6.92 Å². The summed E-state index contributed by atoms with van der Waals surface area (Å²) < 4.78 is 5.20. The third-order valence-corrected chi connectivity index (χ3v) is 2.45. The maximum atomic E-state index is 5.20. The highest BCUT2D eigenvalue weighted by molar-refractivity contribution is 5.94. The van der Waals surface area contributed by atoms with Crippen molar-refractivity contribution in [2.75, 3.05) is 19.0 Å². The van der Waals surface area contributed by atoms with Crippen LogP contribution >= 0.6 is 0 Å². The summed E-state index contributed by atoms with van der Waals surface area (Å²) >= 11 is 0. The van der Waals surface area contributed by atoms with Gasteiger partial charge in [-0.1, -0.05) is 12.1 Å². The smallest absolute Gasteiger partial charge is 0.119 e. The summed E-state index contributed by atoms with van der Waals surface area (Å²) in [6.07, 6.45) is 0. The van der Waals surface area contributed by atoms with Crippen LogP contribution in [0.3, 0.4) is 0 Å². The fraction of sp³-hybridized carbons (Fsp3) is 0.231. The van der Waals surface area contributed by atoms with E-state index in [4.69, 9.17) is 4.74 Å². The van der Waals surface area contributed by atoms with Gasteiger partial charge in [-0.15, -0.1) is 0 Å². The van der Waals surface area contributed by atoms with Gasteiger partial charge >= 0.3 is 0 Å². The molecular formula is C13H15NO. The number of hydrogen-bond acceptors (Lipinski definition) is 2. The quantitative estimate of drug-likeness (QED) is 0.822. The van der Waals surface area contributed by atoms with Crippen molar-refractivity contribution in [1.29, 1.82) is 0 Å². The van der Waals surface area contributed by atoms with E-state index in [2.05, 4.69) is 42.6 Å². The van der Waals surface area contributed by atoms with Gasteiger partial charge in [-0.05, 0) is 36.6 Å². The molecule has 0 saturated carbocycles. The van der Waals surface area contributed by atoms with Crippen LogP contribution in [0.25, 0.3) is 10.8 Å². The molecule has 0 radical (unpaired) electrons. The lowest BCUT2D eigenvalue weighted by molar-refractivity contribution is 0.415. The van der Waals surface area contributed by atoms with Crippen molar-refractivity contribution in [3.05, 3.63) is 36.4 Å². The molecule has 0 aliphatic heterocycles. The van der Waals surface area contributed by atoms with Gasteiger partial charge in [0.25, 0.3) is 0 Å². The lowest BCUT2D eigenvalue weighted by Gasteiger charge is -2.08. The number of benzene rings is 2. The number of rotatable bonds is 3. The zero-order valence-electron chi connectivity index (χ0n) is 9.08. The van der Waals surface area contributed by atoms with E-state index in [9.17, 15) is 0 Å². The van der Waals surface area contributed by atoms with Crippen LogP contribution in [0.2, 0.25) is 0 Å². The summed E-state index contributed by atoms with van der Waals surface area (Å²) in [5, 5.41) is 5.79. The van der Waals surface area contributed by atoms with Gasteiger partial charge in [0.05, 0.1) is 7.11 Å². The minimum Gasteiger partial charge on any atom is -0.497 e. The van der Waals surface area contributed by atoms with E-state index in [-0.39, 0.29) is 0 Å². The van der Waals surface area contributed by atoms with Crippen molar-refractivity contribution >= 4 is 16.5 Å². The third kappa shape index (κ3) is 1.89. The second-order valence-corrected chi connectivity index (χ2v) is 3.42. The molecule has 0 heterocycles. The van der Waals surface area contributed by atoms with Crippen LogP contribution in [0.4, 0.5) is 5.69 Å². The maximum absolute atomic E-state index is 5.20. The van der Waals surface area contributed by atoms with Gasteiger partial charge in [-0.3, -0.25) is 0 Å². The largest absolute Gasteiger partial charge is 0.497 e. The first-order valence-electron chi connectivity index (χ1n) is 5.16. The molecule has 2 nitrogen and oxygen atoms in total. The second kappa shape index (κ2) is 4.22. The Kier molecular flexibility index (Phi) is 2.77. The van der Waals surface area contributed by atoms with Gasteiger partial charge in [-0.25, -0.2) is 0 Å². The van der Waals surface area contributed by atoms with E-state index in [1.54, 1.807) is 7.11 Å². The normalized spacial score (nSPS) is 10.3. The Morgan fingerprint density at radius 2 is 2.07 bits per heavy atom. The van der Waals surface area contributed by atoms with Gasteiger partial charge in [-0.2, -0.15) is 0 Å². The third-order valence-electron chi connectivity index (χ3n) is 2.45. The number of methoxy groups -OCH3 is 1. The molecule has 78 valence electrons. The number of ether oxygens (including phenoxy) is 1. The minimum atomic E-state index is 0.899. The van der Waals surface area contributed by atoms with E-state index < -0.39 is 0 Å². The molecule has 15 heavy (non-hydrogen) atoms. The highest BCUT2D eigenvalue weighted by Gasteiger charge is 2.00. The van der Waals surface area contributed by atoms with Crippen molar-refractivity contribution in [3.63, 3.8) is 0 Å². The maximum Gasteiger partial charge on any atom is 0.119 e. The zero-order valence-corrected chi connectivity index (χ0v) is 9.08. The summed E-state index contributed by atoms with van der Waals surface area (Å²) in [5.74, 6) is 0.899. The Labute approximate surface area is 89.9 Å². The Balaban J connectivity index is 2.56. The lowest BCUT2D eigenvalue weighted by Crippen LogP contribution is -1.96. The second-order valence-electron chi connectivity index (χ2n) is 3.42. The molecule has 2 aromatic carbocycles. The molecule has 0 aromatic heterocycles. The van der Waals surface area contributed by atoms with Crippen LogP contribution < -0.4 is 10.1 Å². The van der Waals surface area contributed by atoms with E-state index in [1.807, 2.05) is 6.07 Å². The summed E-state index contributed by atoms with van der Waals surface area (Å²) in [5.41, 5.74) is 1.18. The number of anilines is 1. The van der Waals surface area contributed by atoms with Gasteiger partial charge in [0, 0.05) is 17.6 Å². The summed E-state index contributed by atoms with van der Waals surface area (Å²) in [6.45, 7) is 3.04. The highest BCUT2D eigenvalue weighted by atomic mass is 16.5. The van der Waals surface area contributed by atoms with E-state index in [1.165, 1.54) is 16.5 Å². The summed E-state index contributed by atoms with van der Waals surface area (Å²) in [4.78, 5) is 0. The molecule has 2 heteroatoms. The van der Waals surface area contributed by atoms with Crippen molar-refractivity contribution in [2.24, 2.45) is 0 Å². The number of fused-ring (bicyclic) bond motifs is 1. The first kappa shape index (κ1) is 9.84. The van der Waals surface area contributed by atoms with Crippen LogP contribution in [-0.4, -0.2) is 13.7 Å². The SMILES string of the molecule is CCNc1cccc2cc(OC)ccc12. The molecule has 2 rings (SSSR count). The van der Waals surface area contributed by atoms with Crippen LogP contribution in [-0.2, 0) is 0 Å². The molecule has 0 amide bonds. The Hall–Kier alpha value is -1.70. The molecule has 1 N–H and O–H groups in total. The molecule has 0 aliphatic carbocycles. The lowest BCUT2D eigenvalue weighted by atomic mass is 10.1. The molecule has 0 bridgehead atoms. The average Bonchev–Trinajstić information content (AvgIpc) is 2.29. The minimum absolute atomic E-state index is 0.899. The van der Waals surface area contributed by atoms with Crippen molar-refractivity contribution in [3.8, 4) is 5.75 Å². The summed E-state index contributed by atoms with van der Waals surface area (Å²) in [7, 11) is 1.69. The molecule has 0 atom stereocenters. The fourth-order valence-electron chi connectivity index (χ4n) is 1.73. The highest BCUT2D eigenvalue weighted by Crippen LogP contribution is 2.26. The molecule has 0 fully saturated rings. The van der Waals surface area contributed by atoms with Gasteiger partial charge in [0.15, 0.2) is 0 Å². The molecule has 0 aliphatic rings. The summed E-state index contributed by atoms with van der Waals surface area (Å²) in [6, 6.07) is 12.4. The molecular weight excluding hydrogens is 186 g/mol. The van der Waals surface area contributed by atoms with Crippen molar-refractivity contribution in [1.82, 2.24) is 0 Å². The number of hydrogen-bond donors (Lipinski definition) is 1.